The van der Waals surface area contributed by atoms with Gasteiger partial charge in [0.05, 0.1) is 52.7 Å². The van der Waals surface area contributed by atoms with Crippen molar-refractivity contribution in [1.29, 1.82) is 0 Å². The minimum Gasteiger partial charge on any atom is -0.507 e. The summed E-state index contributed by atoms with van der Waals surface area (Å²) >= 11 is 0. The van der Waals surface area contributed by atoms with Crippen molar-refractivity contribution in [3.63, 3.8) is 0 Å². The molecular formula is C35H41N2O8+. The summed E-state index contributed by atoms with van der Waals surface area (Å²) in [5, 5.41) is 11.7. The molecule has 5 rings (SSSR count). The molecule has 0 bridgehead atoms. The molecule has 2 N–H and O–H groups in total. The lowest BCUT2D eigenvalue weighted by Gasteiger charge is -2.28. The number of methoxy groups -OCH3 is 3. The van der Waals surface area contributed by atoms with Gasteiger partial charge < -0.3 is 38.6 Å². The minimum absolute atomic E-state index is 0.00495. The maximum atomic E-state index is 13.7. The number of nitrogens with one attached hydrogen (secondary N) is 1. The normalized spacial score (nSPS) is 18.2. The van der Waals surface area contributed by atoms with Crippen LogP contribution in [0.4, 0.5) is 0 Å². The third-order valence-corrected chi connectivity index (χ3v) is 8.36. The van der Waals surface area contributed by atoms with Crippen LogP contribution in [0.15, 0.2) is 66.2 Å². The van der Waals surface area contributed by atoms with Gasteiger partial charge in [-0.3, -0.25) is 9.59 Å². The zero-order valence-corrected chi connectivity index (χ0v) is 26.3. The number of hydrogen-bond donors (Lipinski definition) is 2. The highest BCUT2D eigenvalue weighted by atomic mass is 16.5. The molecular weight excluding hydrogens is 576 g/mol. The predicted octanol–water partition coefficient (Wildman–Crippen LogP) is 3.33. The summed E-state index contributed by atoms with van der Waals surface area (Å²) in [6, 6.07) is 17.6. The van der Waals surface area contributed by atoms with Crippen molar-refractivity contribution in [3.05, 3.63) is 88.5 Å². The predicted molar refractivity (Wildman–Crippen MR) is 168 cm³/mol. The average Bonchev–Trinajstić information content (AvgIpc) is 3.32. The standard InChI is InChI=1S/C35H40N2O8/c1-23-19-25(11-12-27(23)45-22-24-9-6-5-7-10-24)32(38)30-31(26-20-28(41-2)34(43-4)29(21-26)42-3)37(35(40)33(30)39)14-8-13-36-15-17-44-18-16-36/h5-7,9-12,19-21,31,38H,8,13-18,22H2,1-4H3/p+1/t31-/m1/s1. The molecule has 0 saturated carbocycles. The number of likely N-dealkylation sites (tertiary alicyclic amines) is 1. The number of carbonyl (C=O) groups excluding carboxylic acids is 2. The zero-order valence-electron chi connectivity index (χ0n) is 26.3. The lowest BCUT2D eigenvalue weighted by molar-refractivity contribution is -0.908. The first-order valence-corrected chi connectivity index (χ1v) is 15.1. The number of carbonyl (C=O) groups is 2. The second kappa shape index (κ2) is 14.5. The number of aliphatic hydroxyl groups is 1. The van der Waals surface area contributed by atoms with Crippen molar-refractivity contribution in [2.24, 2.45) is 0 Å². The number of nitrogens with zero attached hydrogens (tertiary/aromatic N) is 1. The van der Waals surface area contributed by atoms with E-state index in [4.69, 9.17) is 23.7 Å². The largest absolute Gasteiger partial charge is 0.507 e. The Morgan fingerprint density at radius 2 is 1.62 bits per heavy atom. The van der Waals surface area contributed by atoms with Crippen LogP contribution in [0.25, 0.3) is 5.76 Å². The molecule has 1 amide bonds. The molecule has 3 aromatic carbocycles. The third-order valence-electron chi connectivity index (χ3n) is 8.36. The lowest BCUT2D eigenvalue weighted by atomic mass is 9.94. The van der Waals surface area contributed by atoms with E-state index in [1.807, 2.05) is 37.3 Å². The van der Waals surface area contributed by atoms with E-state index >= 15 is 0 Å². The highest BCUT2D eigenvalue weighted by Gasteiger charge is 2.46. The first-order valence-electron chi connectivity index (χ1n) is 15.1. The molecule has 2 saturated heterocycles. The maximum Gasteiger partial charge on any atom is 0.295 e. The van der Waals surface area contributed by atoms with E-state index in [1.54, 1.807) is 35.2 Å². The maximum absolute atomic E-state index is 13.7. The van der Waals surface area contributed by atoms with Crippen LogP contribution in [0.3, 0.4) is 0 Å². The Morgan fingerprint density at radius 3 is 2.24 bits per heavy atom. The van der Waals surface area contributed by atoms with Gasteiger partial charge in [-0.25, -0.2) is 0 Å². The summed E-state index contributed by atoms with van der Waals surface area (Å²) in [7, 11) is 4.52. The molecule has 0 radical (unpaired) electrons. The highest BCUT2D eigenvalue weighted by molar-refractivity contribution is 6.46. The Bertz CT molecular complexity index is 1520. The number of aryl methyl sites for hydroxylation is 1. The topological polar surface area (TPSA) is 108 Å². The van der Waals surface area contributed by atoms with Gasteiger partial charge in [-0.1, -0.05) is 30.3 Å². The molecule has 0 spiro atoms. The van der Waals surface area contributed by atoms with Gasteiger partial charge in [0.15, 0.2) is 11.5 Å². The summed E-state index contributed by atoms with van der Waals surface area (Å²) in [6.07, 6.45) is 0.676. The Labute approximate surface area is 263 Å². The fraction of sp³-hybridized carbons (Fsp3) is 0.371. The van der Waals surface area contributed by atoms with Gasteiger partial charge in [-0.15, -0.1) is 0 Å². The third kappa shape index (κ3) is 6.92. The molecule has 1 atom stereocenters. The van der Waals surface area contributed by atoms with Gasteiger partial charge in [0, 0.05) is 18.5 Å². The number of ether oxygens (including phenoxy) is 5. The molecule has 10 nitrogen and oxygen atoms in total. The van der Waals surface area contributed by atoms with Crippen LogP contribution in [0.2, 0.25) is 0 Å². The van der Waals surface area contributed by atoms with Gasteiger partial charge in [0.1, 0.15) is 31.2 Å². The lowest BCUT2D eigenvalue weighted by Crippen LogP contribution is -3.14. The molecule has 2 fully saturated rings. The second-order valence-corrected chi connectivity index (χ2v) is 11.2. The molecule has 0 aliphatic carbocycles. The van der Waals surface area contributed by atoms with Crippen LogP contribution in [0, 0.1) is 6.92 Å². The van der Waals surface area contributed by atoms with Crippen LogP contribution in [-0.4, -0.2) is 82.4 Å². The molecule has 3 aromatic rings. The minimum atomic E-state index is -0.868. The van der Waals surface area contributed by atoms with E-state index in [9.17, 15) is 14.7 Å². The Kier molecular flexibility index (Phi) is 10.3. The van der Waals surface area contributed by atoms with Gasteiger partial charge in [0.2, 0.25) is 5.75 Å². The molecule has 10 heteroatoms. The summed E-state index contributed by atoms with van der Waals surface area (Å²) in [4.78, 5) is 30.2. The number of hydrogen-bond acceptors (Lipinski definition) is 8. The number of morpholine rings is 1. The first kappa shape index (κ1) is 31.9. The Morgan fingerprint density at radius 1 is 0.933 bits per heavy atom. The fourth-order valence-corrected chi connectivity index (χ4v) is 5.98. The number of amides is 1. The second-order valence-electron chi connectivity index (χ2n) is 11.2. The van der Waals surface area contributed by atoms with Crippen LogP contribution in [-0.2, 0) is 20.9 Å². The molecule has 238 valence electrons. The first-order chi connectivity index (χ1) is 21.9. The smallest absolute Gasteiger partial charge is 0.295 e. The van der Waals surface area contributed by atoms with E-state index in [-0.39, 0.29) is 11.3 Å². The van der Waals surface area contributed by atoms with Crippen molar-refractivity contribution in [2.75, 3.05) is 60.7 Å². The SMILES string of the molecule is COc1cc([C@@H]2C(=C(O)c3ccc(OCc4ccccc4)c(C)c3)C(=O)C(=O)N2CCC[NH+]2CCOCC2)cc(OC)c1OC. The number of aliphatic hydroxyl groups excluding tert-OH is 1. The van der Waals surface area contributed by atoms with Gasteiger partial charge >= 0.3 is 0 Å². The fourth-order valence-electron chi connectivity index (χ4n) is 5.98. The van der Waals surface area contributed by atoms with Crippen LogP contribution >= 0.6 is 0 Å². The summed E-state index contributed by atoms with van der Waals surface area (Å²) < 4.78 is 28.2. The van der Waals surface area contributed by atoms with Crippen molar-refractivity contribution in [2.45, 2.75) is 26.0 Å². The average molecular weight is 618 g/mol. The van der Waals surface area contributed by atoms with Gasteiger partial charge in [-0.2, -0.15) is 0 Å². The molecule has 2 aliphatic heterocycles. The number of rotatable bonds is 12. The zero-order chi connectivity index (χ0) is 31.9. The van der Waals surface area contributed by atoms with Crippen LogP contribution in [0.5, 0.6) is 23.0 Å². The van der Waals surface area contributed by atoms with E-state index in [1.165, 1.54) is 26.2 Å². The van der Waals surface area contributed by atoms with E-state index < -0.39 is 17.7 Å². The van der Waals surface area contributed by atoms with Crippen molar-refractivity contribution >= 4 is 17.4 Å². The molecule has 0 unspecified atom stereocenters. The Balaban J connectivity index is 1.51. The van der Waals surface area contributed by atoms with Crippen LogP contribution in [0.1, 0.15) is 34.7 Å². The number of benzene rings is 3. The summed E-state index contributed by atoms with van der Waals surface area (Å²) in [5.74, 6) is 0.142. The molecule has 2 heterocycles. The van der Waals surface area contributed by atoms with Crippen LogP contribution < -0.4 is 23.8 Å². The highest BCUT2D eigenvalue weighted by Crippen LogP contribution is 2.46. The van der Waals surface area contributed by atoms with Gasteiger partial charge in [-0.05, 0) is 53.9 Å². The monoisotopic (exact) mass is 617 g/mol. The number of ketones is 1. The summed E-state index contributed by atoms with van der Waals surface area (Å²) in [6.45, 7) is 6.66. The van der Waals surface area contributed by atoms with E-state index in [2.05, 4.69) is 0 Å². The quantitative estimate of drug-likeness (QED) is 0.181. The van der Waals surface area contributed by atoms with Crippen molar-refractivity contribution < 1.29 is 43.3 Å². The number of Topliss-reactive ketones (excluding diaryl/α,β-unsaturated/α-hetero) is 1. The van der Waals surface area contributed by atoms with Crippen molar-refractivity contribution in [1.82, 2.24) is 4.90 Å². The summed E-state index contributed by atoms with van der Waals surface area (Å²) in [5.41, 5.74) is 2.79. The molecule has 2 aliphatic rings. The van der Waals surface area contributed by atoms with Gasteiger partial charge in [0.25, 0.3) is 11.7 Å². The molecule has 45 heavy (non-hydrogen) atoms. The number of quaternary nitrogens is 1. The van der Waals surface area contributed by atoms with E-state index in [0.717, 1.165) is 30.8 Å². The van der Waals surface area contributed by atoms with E-state index in [0.29, 0.717) is 66.9 Å². The van der Waals surface area contributed by atoms with Crippen molar-refractivity contribution in [3.8, 4) is 23.0 Å². The Hall–Kier alpha value is -4.54. The molecule has 0 aromatic heterocycles.